The fourth-order valence-corrected chi connectivity index (χ4v) is 1.79. The molecule has 1 aromatic rings. The number of carbonyl (C=O) groups excluding carboxylic acids is 1. The Morgan fingerprint density at radius 1 is 1.43 bits per heavy atom. The van der Waals surface area contributed by atoms with Crippen LogP contribution in [0.1, 0.15) is 34.8 Å². The summed E-state index contributed by atoms with van der Waals surface area (Å²) < 4.78 is 0.865. The Balaban J connectivity index is 3.40. The lowest BCUT2D eigenvalue weighted by molar-refractivity contribution is 0.0985. The number of phenols is 1. The number of benzene rings is 1. The van der Waals surface area contributed by atoms with Gasteiger partial charge in [0.1, 0.15) is 5.75 Å². The molecule has 1 aromatic carbocycles. The lowest BCUT2D eigenvalue weighted by Gasteiger charge is -2.10. The third-order valence-corrected chi connectivity index (χ3v) is 3.25. The summed E-state index contributed by atoms with van der Waals surface area (Å²) in [4.78, 5) is 11.5. The molecule has 0 saturated heterocycles. The quantitative estimate of drug-likeness (QED) is 0.825. The molecule has 0 amide bonds. The topological polar surface area (TPSA) is 37.3 Å². The predicted molar refractivity (Wildman–Crippen MR) is 59.9 cm³/mol. The molecule has 2 nitrogen and oxygen atoms in total. The van der Waals surface area contributed by atoms with E-state index in [-0.39, 0.29) is 11.5 Å². The zero-order valence-electron chi connectivity index (χ0n) is 8.52. The van der Waals surface area contributed by atoms with Gasteiger partial charge in [-0.05, 0) is 31.0 Å². The summed E-state index contributed by atoms with van der Waals surface area (Å²) in [6.45, 7) is 5.49. The number of carbonyl (C=O) groups is 1. The number of phenolic OH excluding ortho intramolecular Hbond substituents is 1. The highest BCUT2D eigenvalue weighted by molar-refractivity contribution is 9.10. The number of hydrogen-bond acceptors (Lipinski definition) is 2. The molecule has 0 aromatic heterocycles. The van der Waals surface area contributed by atoms with Crippen LogP contribution in [0.2, 0.25) is 0 Å². The molecule has 0 radical (unpaired) electrons. The maximum absolute atomic E-state index is 11.5. The van der Waals surface area contributed by atoms with Gasteiger partial charge in [-0.15, -0.1) is 0 Å². The summed E-state index contributed by atoms with van der Waals surface area (Å²) in [5.74, 6) is 0.0730. The molecule has 1 N–H and O–H groups in total. The largest absolute Gasteiger partial charge is 0.507 e. The third-order valence-electron chi connectivity index (χ3n) is 2.42. The standard InChI is InChI=1S/C11H13BrO2/c1-4-10(13)8-5-9(12)6(2)7(3)11(8)14/h5,14H,4H2,1-3H3. The van der Waals surface area contributed by atoms with Crippen molar-refractivity contribution in [3.8, 4) is 5.75 Å². The van der Waals surface area contributed by atoms with E-state index in [4.69, 9.17) is 0 Å². The van der Waals surface area contributed by atoms with E-state index in [1.807, 2.05) is 13.8 Å². The van der Waals surface area contributed by atoms with Crippen LogP contribution in [0.4, 0.5) is 0 Å². The Morgan fingerprint density at radius 2 is 2.00 bits per heavy atom. The fraction of sp³-hybridized carbons (Fsp3) is 0.364. The van der Waals surface area contributed by atoms with E-state index in [0.29, 0.717) is 12.0 Å². The first-order valence-electron chi connectivity index (χ1n) is 4.50. The molecule has 0 aliphatic heterocycles. The molecule has 0 aliphatic rings. The molecule has 0 bridgehead atoms. The van der Waals surface area contributed by atoms with Crippen molar-refractivity contribution >= 4 is 21.7 Å². The van der Waals surface area contributed by atoms with E-state index in [0.717, 1.165) is 15.6 Å². The van der Waals surface area contributed by atoms with Crippen molar-refractivity contribution in [3.05, 3.63) is 27.2 Å². The zero-order valence-corrected chi connectivity index (χ0v) is 10.1. The van der Waals surface area contributed by atoms with E-state index in [2.05, 4.69) is 15.9 Å². The number of ketones is 1. The molecule has 3 heteroatoms. The van der Waals surface area contributed by atoms with Crippen LogP contribution in [0.15, 0.2) is 10.5 Å². The normalized spacial score (nSPS) is 10.3. The number of aromatic hydroxyl groups is 1. The van der Waals surface area contributed by atoms with Gasteiger partial charge >= 0.3 is 0 Å². The number of halogens is 1. The van der Waals surface area contributed by atoms with Crippen molar-refractivity contribution in [1.29, 1.82) is 0 Å². The lowest BCUT2D eigenvalue weighted by Crippen LogP contribution is -2.00. The summed E-state index contributed by atoms with van der Waals surface area (Å²) >= 11 is 3.37. The van der Waals surface area contributed by atoms with Gasteiger partial charge in [0.2, 0.25) is 0 Å². The highest BCUT2D eigenvalue weighted by atomic mass is 79.9. The van der Waals surface area contributed by atoms with Gasteiger partial charge in [-0.3, -0.25) is 4.79 Å². The van der Waals surface area contributed by atoms with Gasteiger partial charge in [0.15, 0.2) is 5.78 Å². The lowest BCUT2D eigenvalue weighted by atomic mass is 10.0. The van der Waals surface area contributed by atoms with Gasteiger partial charge in [0.25, 0.3) is 0 Å². The minimum absolute atomic E-state index is 0.0358. The van der Waals surface area contributed by atoms with Crippen LogP contribution in [-0.4, -0.2) is 10.9 Å². The highest BCUT2D eigenvalue weighted by Crippen LogP contribution is 2.31. The number of Topliss-reactive ketones (excluding diaryl/α,β-unsaturated/α-hetero) is 1. The molecule has 1 rings (SSSR count). The summed E-state index contributed by atoms with van der Waals surface area (Å²) in [6.07, 6.45) is 0.405. The number of rotatable bonds is 2. The Kier molecular flexibility index (Phi) is 3.32. The average Bonchev–Trinajstić information content (AvgIpc) is 2.19. The highest BCUT2D eigenvalue weighted by Gasteiger charge is 2.14. The summed E-state index contributed by atoms with van der Waals surface area (Å²) in [5, 5.41) is 9.76. The number of hydrogen-bond donors (Lipinski definition) is 1. The van der Waals surface area contributed by atoms with Crippen LogP contribution in [0.25, 0.3) is 0 Å². The van der Waals surface area contributed by atoms with Crippen molar-refractivity contribution in [3.63, 3.8) is 0 Å². The van der Waals surface area contributed by atoms with Crippen LogP contribution < -0.4 is 0 Å². The van der Waals surface area contributed by atoms with Gasteiger partial charge in [-0.25, -0.2) is 0 Å². The molecule has 0 fully saturated rings. The third kappa shape index (κ3) is 1.82. The second-order valence-corrected chi connectivity index (χ2v) is 4.14. The van der Waals surface area contributed by atoms with Crippen molar-refractivity contribution in [2.24, 2.45) is 0 Å². The maximum atomic E-state index is 11.5. The van der Waals surface area contributed by atoms with Crippen LogP contribution >= 0.6 is 15.9 Å². The zero-order chi connectivity index (χ0) is 10.9. The monoisotopic (exact) mass is 256 g/mol. The SMILES string of the molecule is CCC(=O)c1cc(Br)c(C)c(C)c1O. The first-order chi connectivity index (χ1) is 6.49. The minimum Gasteiger partial charge on any atom is -0.507 e. The van der Waals surface area contributed by atoms with Crippen molar-refractivity contribution < 1.29 is 9.90 Å². The molecular formula is C11H13BrO2. The minimum atomic E-state index is -0.0358. The summed E-state index contributed by atoms with van der Waals surface area (Å²) in [6, 6.07) is 1.68. The maximum Gasteiger partial charge on any atom is 0.166 e. The van der Waals surface area contributed by atoms with Gasteiger partial charge in [0.05, 0.1) is 5.56 Å². The van der Waals surface area contributed by atoms with Crippen LogP contribution in [0.3, 0.4) is 0 Å². The van der Waals surface area contributed by atoms with E-state index in [9.17, 15) is 9.90 Å². The van der Waals surface area contributed by atoms with Crippen LogP contribution in [-0.2, 0) is 0 Å². The van der Waals surface area contributed by atoms with Gasteiger partial charge in [0, 0.05) is 10.9 Å². The molecule has 0 heterocycles. The molecule has 0 saturated carbocycles. The Hall–Kier alpha value is -0.830. The van der Waals surface area contributed by atoms with Gasteiger partial charge < -0.3 is 5.11 Å². The van der Waals surface area contributed by atoms with E-state index in [1.54, 1.807) is 13.0 Å². The van der Waals surface area contributed by atoms with E-state index in [1.165, 1.54) is 0 Å². The molecular weight excluding hydrogens is 244 g/mol. The van der Waals surface area contributed by atoms with Crippen molar-refractivity contribution in [2.45, 2.75) is 27.2 Å². The Bertz CT molecular complexity index is 383. The first-order valence-corrected chi connectivity index (χ1v) is 5.30. The molecule has 0 aliphatic carbocycles. The fourth-order valence-electron chi connectivity index (χ4n) is 1.27. The molecule has 0 atom stereocenters. The van der Waals surface area contributed by atoms with E-state index < -0.39 is 0 Å². The van der Waals surface area contributed by atoms with Crippen LogP contribution in [0.5, 0.6) is 5.75 Å². The predicted octanol–water partition coefficient (Wildman–Crippen LogP) is 3.36. The van der Waals surface area contributed by atoms with Crippen molar-refractivity contribution in [1.82, 2.24) is 0 Å². The van der Waals surface area contributed by atoms with Crippen molar-refractivity contribution in [2.75, 3.05) is 0 Å². The smallest absolute Gasteiger partial charge is 0.166 e. The molecule has 76 valence electrons. The summed E-state index contributed by atoms with van der Waals surface area (Å²) in [7, 11) is 0. The second-order valence-electron chi connectivity index (χ2n) is 3.28. The van der Waals surface area contributed by atoms with Crippen LogP contribution in [0, 0.1) is 13.8 Å². The van der Waals surface area contributed by atoms with Gasteiger partial charge in [-0.2, -0.15) is 0 Å². The molecule has 0 spiro atoms. The first kappa shape index (κ1) is 11.2. The molecule has 14 heavy (non-hydrogen) atoms. The second kappa shape index (κ2) is 4.13. The Morgan fingerprint density at radius 3 is 2.50 bits per heavy atom. The average molecular weight is 257 g/mol. The Labute approximate surface area is 92.1 Å². The summed E-state index contributed by atoms with van der Waals surface area (Å²) in [5.41, 5.74) is 2.13. The molecule has 0 unspecified atom stereocenters. The van der Waals surface area contributed by atoms with Gasteiger partial charge in [-0.1, -0.05) is 22.9 Å². The van der Waals surface area contributed by atoms with E-state index >= 15 is 0 Å².